The molecule has 1 fully saturated rings. The summed E-state index contributed by atoms with van der Waals surface area (Å²) in [6.07, 6.45) is -1.75. The van der Waals surface area contributed by atoms with Crippen LogP contribution in [0.3, 0.4) is 0 Å². The lowest BCUT2D eigenvalue weighted by atomic mass is 10.0. The second-order valence-electron chi connectivity index (χ2n) is 5.71. The normalized spacial score (nSPS) is 20.5. The summed E-state index contributed by atoms with van der Waals surface area (Å²) in [6.45, 7) is 2.68. The van der Waals surface area contributed by atoms with Crippen molar-refractivity contribution in [2.45, 2.75) is 38.0 Å². The molecule has 7 nitrogen and oxygen atoms in total. The van der Waals surface area contributed by atoms with E-state index in [0.29, 0.717) is 19.5 Å². The van der Waals surface area contributed by atoms with Crippen molar-refractivity contribution in [3.05, 3.63) is 18.0 Å². The van der Waals surface area contributed by atoms with Crippen molar-refractivity contribution < 1.29 is 22.8 Å². The quantitative estimate of drug-likeness (QED) is 0.866. The highest BCUT2D eigenvalue weighted by Gasteiger charge is 2.35. The Morgan fingerprint density at radius 3 is 2.71 bits per heavy atom. The molecule has 0 radical (unpaired) electrons. The Morgan fingerprint density at radius 1 is 1.42 bits per heavy atom. The van der Waals surface area contributed by atoms with Crippen molar-refractivity contribution >= 4 is 11.9 Å². The zero-order valence-electron chi connectivity index (χ0n) is 13.4. The Labute approximate surface area is 137 Å². The third-order valence-corrected chi connectivity index (χ3v) is 4.09. The average molecular weight is 347 g/mol. The number of nitrogens with zero attached hydrogens (tertiary/aromatic N) is 3. The second kappa shape index (κ2) is 7.20. The van der Waals surface area contributed by atoms with Crippen LogP contribution in [0.5, 0.6) is 0 Å². The van der Waals surface area contributed by atoms with Crippen molar-refractivity contribution in [2.24, 2.45) is 0 Å². The first kappa shape index (κ1) is 18.2. The van der Waals surface area contributed by atoms with Gasteiger partial charge in [0.05, 0.1) is 12.1 Å². The third-order valence-electron chi connectivity index (χ3n) is 4.09. The molecule has 1 aliphatic rings. The summed E-state index contributed by atoms with van der Waals surface area (Å²) < 4.78 is 39.3. The van der Waals surface area contributed by atoms with Crippen LogP contribution in [-0.4, -0.2) is 52.8 Å². The Balaban J connectivity index is 2.02. The van der Waals surface area contributed by atoms with Gasteiger partial charge in [-0.1, -0.05) is 0 Å². The fourth-order valence-electron chi connectivity index (χ4n) is 2.69. The van der Waals surface area contributed by atoms with Gasteiger partial charge in [-0.2, -0.15) is 18.3 Å². The standard InChI is InChI=1S/C14H20F3N5O2/c1-9(12(23)19-13(24)18-2)21-6-3-4-10(8-21)22-7-5-11(20-22)14(15,16)17/h5,7,9-10H,3-4,6,8H2,1-2H3,(H2,18,19,23,24)/t9-,10-/m1/s1. The van der Waals surface area contributed by atoms with Gasteiger partial charge in [-0.3, -0.25) is 19.7 Å². The van der Waals surface area contributed by atoms with Gasteiger partial charge in [0, 0.05) is 19.8 Å². The Morgan fingerprint density at radius 2 is 2.12 bits per heavy atom. The summed E-state index contributed by atoms with van der Waals surface area (Å²) in [5.41, 5.74) is -0.926. The van der Waals surface area contributed by atoms with Crippen LogP contribution >= 0.6 is 0 Å². The van der Waals surface area contributed by atoms with Gasteiger partial charge in [0.25, 0.3) is 0 Å². The van der Waals surface area contributed by atoms with Crippen LogP contribution < -0.4 is 10.6 Å². The zero-order chi connectivity index (χ0) is 17.9. The van der Waals surface area contributed by atoms with Gasteiger partial charge in [-0.25, -0.2) is 4.79 Å². The molecule has 24 heavy (non-hydrogen) atoms. The molecular formula is C14H20F3N5O2. The highest BCUT2D eigenvalue weighted by molar-refractivity contribution is 5.96. The van der Waals surface area contributed by atoms with Gasteiger partial charge >= 0.3 is 12.2 Å². The van der Waals surface area contributed by atoms with E-state index in [9.17, 15) is 22.8 Å². The highest BCUT2D eigenvalue weighted by atomic mass is 19.4. The molecule has 10 heteroatoms. The van der Waals surface area contributed by atoms with Gasteiger partial charge in [-0.05, 0) is 32.4 Å². The molecule has 3 amide bonds. The fourth-order valence-corrected chi connectivity index (χ4v) is 2.69. The van der Waals surface area contributed by atoms with E-state index in [-0.39, 0.29) is 6.04 Å². The number of nitrogens with one attached hydrogen (secondary N) is 2. The zero-order valence-corrected chi connectivity index (χ0v) is 13.4. The molecule has 0 bridgehead atoms. The number of carbonyl (C=O) groups is 2. The van der Waals surface area contributed by atoms with E-state index in [4.69, 9.17) is 0 Å². The molecule has 2 atom stereocenters. The molecule has 0 aromatic carbocycles. The van der Waals surface area contributed by atoms with E-state index in [1.807, 2.05) is 4.90 Å². The van der Waals surface area contributed by atoms with Gasteiger partial charge in [0.1, 0.15) is 0 Å². The van der Waals surface area contributed by atoms with Crippen molar-refractivity contribution in [1.82, 2.24) is 25.3 Å². The van der Waals surface area contributed by atoms with Gasteiger partial charge < -0.3 is 5.32 Å². The molecular weight excluding hydrogens is 327 g/mol. The summed E-state index contributed by atoms with van der Waals surface area (Å²) >= 11 is 0. The molecule has 2 N–H and O–H groups in total. The van der Waals surface area contributed by atoms with Crippen LogP contribution in [0.1, 0.15) is 31.5 Å². The maximum absolute atomic E-state index is 12.7. The molecule has 0 spiro atoms. The van der Waals surface area contributed by atoms with E-state index in [1.165, 1.54) is 17.9 Å². The minimum atomic E-state index is -4.47. The number of aromatic nitrogens is 2. The largest absolute Gasteiger partial charge is 0.435 e. The highest BCUT2D eigenvalue weighted by Crippen LogP contribution is 2.29. The Hall–Kier alpha value is -2.10. The van der Waals surface area contributed by atoms with Crippen LogP contribution in [0.4, 0.5) is 18.0 Å². The maximum atomic E-state index is 12.7. The fraction of sp³-hybridized carbons (Fsp3) is 0.643. The molecule has 0 saturated carbocycles. The predicted molar refractivity (Wildman–Crippen MR) is 79.1 cm³/mol. The monoisotopic (exact) mass is 347 g/mol. The molecule has 134 valence electrons. The summed E-state index contributed by atoms with van der Waals surface area (Å²) in [5, 5.41) is 8.10. The lowest BCUT2D eigenvalue weighted by Crippen LogP contribution is -2.51. The first-order valence-corrected chi connectivity index (χ1v) is 7.61. The molecule has 1 aliphatic heterocycles. The number of rotatable bonds is 3. The molecule has 1 aromatic heterocycles. The second-order valence-corrected chi connectivity index (χ2v) is 5.71. The van der Waals surface area contributed by atoms with E-state index < -0.39 is 29.9 Å². The Bertz CT molecular complexity index is 601. The number of alkyl halides is 3. The number of hydrogen-bond acceptors (Lipinski definition) is 4. The first-order chi connectivity index (χ1) is 11.2. The topological polar surface area (TPSA) is 79.3 Å². The third kappa shape index (κ3) is 4.25. The SMILES string of the molecule is CNC(=O)NC(=O)[C@@H](C)N1CCC[C@@H](n2ccc(C(F)(F)F)n2)C1. The molecule has 0 aliphatic carbocycles. The summed E-state index contributed by atoms with van der Waals surface area (Å²) in [5.74, 6) is -0.452. The van der Waals surface area contributed by atoms with Crippen LogP contribution in [-0.2, 0) is 11.0 Å². The number of halogens is 3. The average Bonchev–Trinajstić information content (AvgIpc) is 3.04. The predicted octanol–water partition coefficient (Wildman–Crippen LogP) is 1.38. The van der Waals surface area contributed by atoms with E-state index in [0.717, 1.165) is 12.5 Å². The van der Waals surface area contributed by atoms with Crippen molar-refractivity contribution in [1.29, 1.82) is 0 Å². The lowest BCUT2D eigenvalue weighted by molar-refractivity contribution is -0.141. The number of urea groups is 1. The lowest BCUT2D eigenvalue weighted by Gasteiger charge is -2.36. The van der Waals surface area contributed by atoms with Crippen molar-refractivity contribution in [2.75, 3.05) is 20.1 Å². The number of hydrogen-bond donors (Lipinski definition) is 2. The molecule has 1 aromatic rings. The number of piperidine rings is 1. The molecule has 2 heterocycles. The van der Waals surface area contributed by atoms with Crippen LogP contribution in [0, 0.1) is 0 Å². The smallest absolute Gasteiger partial charge is 0.341 e. The van der Waals surface area contributed by atoms with Gasteiger partial charge in [0.15, 0.2) is 5.69 Å². The van der Waals surface area contributed by atoms with Gasteiger partial charge in [-0.15, -0.1) is 0 Å². The number of likely N-dealkylation sites (tertiary alicyclic amines) is 1. The minimum absolute atomic E-state index is 0.245. The van der Waals surface area contributed by atoms with E-state index in [1.54, 1.807) is 6.92 Å². The molecule has 0 unspecified atom stereocenters. The van der Waals surface area contributed by atoms with Crippen LogP contribution in [0.25, 0.3) is 0 Å². The van der Waals surface area contributed by atoms with Gasteiger partial charge in [0.2, 0.25) is 5.91 Å². The molecule has 2 rings (SSSR count). The van der Waals surface area contributed by atoms with Crippen LogP contribution in [0.15, 0.2) is 12.3 Å². The summed E-state index contributed by atoms with van der Waals surface area (Å²) in [6, 6.07) is -0.462. The summed E-state index contributed by atoms with van der Waals surface area (Å²) in [7, 11) is 1.40. The Kier molecular flexibility index (Phi) is 5.47. The first-order valence-electron chi connectivity index (χ1n) is 7.61. The van der Waals surface area contributed by atoms with Crippen molar-refractivity contribution in [3.63, 3.8) is 0 Å². The minimum Gasteiger partial charge on any atom is -0.341 e. The van der Waals surface area contributed by atoms with E-state index >= 15 is 0 Å². The molecule has 1 saturated heterocycles. The summed E-state index contributed by atoms with van der Waals surface area (Å²) in [4.78, 5) is 25.1. The number of amides is 3. The van der Waals surface area contributed by atoms with Crippen LogP contribution in [0.2, 0.25) is 0 Å². The number of imide groups is 1. The maximum Gasteiger partial charge on any atom is 0.435 e. The van der Waals surface area contributed by atoms with Crippen molar-refractivity contribution in [3.8, 4) is 0 Å². The number of carbonyl (C=O) groups excluding carboxylic acids is 2. The van der Waals surface area contributed by atoms with E-state index in [2.05, 4.69) is 15.7 Å².